The first-order chi connectivity index (χ1) is 11.1. The number of thiocarbonyl (C=S) groups is 1. The smallest absolute Gasteiger partial charge is 0.218 e. The lowest BCUT2D eigenvalue weighted by Crippen LogP contribution is -2.06. The molecule has 3 aromatic rings. The molecule has 1 heterocycles. The molecule has 0 fully saturated rings. The molecule has 0 amide bonds. The van der Waals surface area contributed by atoms with Gasteiger partial charge in [-0.05, 0) is 49.3 Å². The molecule has 6 heteroatoms. The standard InChI is InChI=1S/C17H16N4OS/c1-10-6-5-9-13(11(10)2)19-17(23)21-20-15-12-7-3-4-8-14(12)18-16(15)22/h3-9,18,22H,1-2H3,(H,19,23). The van der Waals surface area contributed by atoms with Crippen LogP contribution in [0.2, 0.25) is 0 Å². The zero-order chi connectivity index (χ0) is 16.4. The monoisotopic (exact) mass is 324 g/mol. The second-order valence-corrected chi connectivity index (χ2v) is 5.63. The minimum absolute atomic E-state index is 0.0236. The van der Waals surface area contributed by atoms with Gasteiger partial charge in [0.15, 0.2) is 5.69 Å². The second-order valence-electron chi connectivity index (χ2n) is 5.25. The minimum atomic E-state index is -0.0236. The number of fused-ring (bicyclic) bond motifs is 1. The van der Waals surface area contributed by atoms with Gasteiger partial charge in [-0.2, -0.15) is 0 Å². The van der Waals surface area contributed by atoms with Crippen molar-refractivity contribution in [3.63, 3.8) is 0 Å². The summed E-state index contributed by atoms with van der Waals surface area (Å²) >= 11 is 5.21. The van der Waals surface area contributed by atoms with Crippen molar-refractivity contribution < 1.29 is 5.11 Å². The molecular weight excluding hydrogens is 308 g/mol. The van der Waals surface area contributed by atoms with Crippen LogP contribution in [0.4, 0.5) is 11.4 Å². The summed E-state index contributed by atoms with van der Waals surface area (Å²) in [6, 6.07) is 13.4. The van der Waals surface area contributed by atoms with Gasteiger partial charge in [-0.1, -0.05) is 30.3 Å². The van der Waals surface area contributed by atoms with Gasteiger partial charge in [-0.15, -0.1) is 10.2 Å². The Morgan fingerprint density at radius 3 is 2.74 bits per heavy atom. The minimum Gasteiger partial charge on any atom is -0.493 e. The molecule has 0 saturated heterocycles. The summed E-state index contributed by atoms with van der Waals surface area (Å²) in [5, 5.41) is 22.1. The Morgan fingerprint density at radius 2 is 1.91 bits per heavy atom. The molecular formula is C17H16N4OS. The zero-order valence-corrected chi connectivity index (χ0v) is 13.6. The van der Waals surface area contributed by atoms with Crippen LogP contribution in [0.1, 0.15) is 11.1 Å². The Hall–Kier alpha value is -2.73. The Kier molecular flexibility index (Phi) is 4.08. The van der Waals surface area contributed by atoms with Gasteiger partial charge in [0.25, 0.3) is 0 Å². The van der Waals surface area contributed by atoms with Gasteiger partial charge in [0, 0.05) is 11.1 Å². The number of benzene rings is 2. The molecule has 0 spiro atoms. The van der Waals surface area contributed by atoms with E-state index in [-0.39, 0.29) is 11.0 Å². The summed E-state index contributed by atoms with van der Waals surface area (Å²) in [6.07, 6.45) is 0. The number of nitrogens with zero attached hydrogens (tertiary/aromatic N) is 2. The molecule has 3 rings (SSSR count). The van der Waals surface area contributed by atoms with Gasteiger partial charge < -0.3 is 15.4 Å². The van der Waals surface area contributed by atoms with Gasteiger partial charge in [0.2, 0.25) is 11.0 Å². The first kappa shape index (κ1) is 15.2. The molecule has 0 bridgehead atoms. The highest BCUT2D eigenvalue weighted by Gasteiger charge is 2.10. The van der Waals surface area contributed by atoms with Gasteiger partial charge in [-0.3, -0.25) is 0 Å². The van der Waals surface area contributed by atoms with Crippen LogP contribution < -0.4 is 5.32 Å². The van der Waals surface area contributed by atoms with E-state index in [0.717, 1.165) is 22.2 Å². The number of azo groups is 1. The first-order valence-corrected chi connectivity index (χ1v) is 7.55. The maximum atomic E-state index is 9.94. The normalized spacial score (nSPS) is 11.2. The summed E-state index contributed by atoms with van der Waals surface area (Å²) in [5.74, 6) is -0.0236. The van der Waals surface area contributed by atoms with E-state index in [4.69, 9.17) is 12.2 Å². The van der Waals surface area contributed by atoms with Crippen LogP contribution in [-0.4, -0.2) is 15.2 Å². The van der Waals surface area contributed by atoms with Crippen molar-refractivity contribution in [1.29, 1.82) is 0 Å². The van der Waals surface area contributed by atoms with Crippen molar-refractivity contribution in [2.75, 3.05) is 5.32 Å². The summed E-state index contributed by atoms with van der Waals surface area (Å²) in [7, 11) is 0. The maximum Gasteiger partial charge on any atom is 0.218 e. The molecule has 0 aliphatic heterocycles. The number of aromatic hydroxyl groups is 1. The largest absolute Gasteiger partial charge is 0.493 e. The van der Waals surface area contributed by atoms with Crippen molar-refractivity contribution in [3.8, 4) is 5.88 Å². The number of aryl methyl sites for hydroxylation is 1. The van der Waals surface area contributed by atoms with Crippen LogP contribution in [0.25, 0.3) is 10.9 Å². The topological polar surface area (TPSA) is 72.8 Å². The number of H-pyrrole nitrogens is 1. The fourth-order valence-electron chi connectivity index (χ4n) is 2.34. The number of rotatable bonds is 2. The molecule has 3 N–H and O–H groups in total. The van der Waals surface area contributed by atoms with Crippen LogP contribution in [0, 0.1) is 13.8 Å². The quantitative estimate of drug-likeness (QED) is 0.460. The third kappa shape index (κ3) is 3.07. The highest BCUT2D eigenvalue weighted by Crippen LogP contribution is 2.35. The van der Waals surface area contributed by atoms with Crippen LogP contribution in [-0.2, 0) is 0 Å². The molecule has 116 valence electrons. The van der Waals surface area contributed by atoms with Crippen molar-refractivity contribution >= 4 is 39.6 Å². The Balaban J connectivity index is 1.83. The lowest BCUT2D eigenvalue weighted by atomic mass is 10.1. The fourth-order valence-corrected chi connectivity index (χ4v) is 2.49. The van der Waals surface area contributed by atoms with Gasteiger partial charge in [-0.25, -0.2) is 0 Å². The highest BCUT2D eigenvalue weighted by molar-refractivity contribution is 7.80. The van der Waals surface area contributed by atoms with Crippen molar-refractivity contribution in [2.45, 2.75) is 13.8 Å². The van der Waals surface area contributed by atoms with Crippen LogP contribution in [0.15, 0.2) is 52.7 Å². The predicted molar refractivity (Wildman–Crippen MR) is 96.6 cm³/mol. The third-order valence-corrected chi connectivity index (χ3v) is 3.93. The number of hydrogen-bond donors (Lipinski definition) is 3. The molecule has 0 aliphatic carbocycles. The molecule has 1 aromatic heterocycles. The van der Waals surface area contributed by atoms with E-state index in [0.29, 0.717) is 5.69 Å². The SMILES string of the molecule is Cc1cccc(NC(=S)N=Nc2c(O)[nH]c3ccccc23)c1C. The lowest BCUT2D eigenvalue weighted by molar-refractivity contribution is 0.459. The zero-order valence-electron chi connectivity index (χ0n) is 12.8. The van der Waals surface area contributed by atoms with Crippen LogP contribution in [0.3, 0.4) is 0 Å². The molecule has 0 aliphatic rings. The average molecular weight is 324 g/mol. The average Bonchev–Trinajstić information content (AvgIpc) is 2.85. The molecule has 5 nitrogen and oxygen atoms in total. The molecule has 0 unspecified atom stereocenters. The summed E-state index contributed by atoms with van der Waals surface area (Å²) in [6.45, 7) is 4.05. The summed E-state index contributed by atoms with van der Waals surface area (Å²) < 4.78 is 0. The fraction of sp³-hybridized carbons (Fsp3) is 0.118. The number of anilines is 1. The highest BCUT2D eigenvalue weighted by atomic mass is 32.1. The van der Waals surface area contributed by atoms with E-state index in [1.807, 2.05) is 56.3 Å². The van der Waals surface area contributed by atoms with E-state index in [1.165, 1.54) is 5.56 Å². The summed E-state index contributed by atoms with van der Waals surface area (Å²) in [5.41, 5.74) is 4.36. The summed E-state index contributed by atoms with van der Waals surface area (Å²) in [4.78, 5) is 2.86. The molecule has 23 heavy (non-hydrogen) atoms. The molecule has 2 aromatic carbocycles. The van der Waals surface area contributed by atoms with E-state index in [2.05, 4.69) is 20.5 Å². The van der Waals surface area contributed by atoms with E-state index < -0.39 is 0 Å². The number of aromatic amines is 1. The van der Waals surface area contributed by atoms with Gasteiger partial charge in [0.1, 0.15) is 0 Å². The van der Waals surface area contributed by atoms with Crippen molar-refractivity contribution in [2.24, 2.45) is 10.2 Å². The first-order valence-electron chi connectivity index (χ1n) is 7.15. The third-order valence-electron chi connectivity index (χ3n) is 3.75. The number of nitrogens with one attached hydrogen (secondary N) is 2. The van der Waals surface area contributed by atoms with Crippen molar-refractivity contribution in [3.05, 3.63) is 53.6 Å². The van der Waals surface area contributed by atoms with Crippen LogP contribution in [0.5, 0.6) is 5.88 Å². The van der Waals surface area contributed by atoms with E-state index in [1.54, 1.807) is 0 Å². The maximum absolute atomic E-state index is 9.94. The predicted octanol–water partition coefficient (Wildman–Crippen LogP) is 4.97. The van der Waals surface area contributed by atoms with Crippen LogP contribution >= 0.6 is 12.2 Å². The molecule has 0 atom stereocenters. The molecule has 0 saturated carbocycles. The van der Waals surface area contributed by atoms with Gasteiger partial charge >= 0.3 is 0 Å². The number of hydrogen-bond acceptors (Lipinski definition) is 3. The van der Waals surface area contributed by atoms with Gasteiger partial charge in [0.05, 0.1) is 5.52 Å². The molecule has 0 radical (unpaired) electrons. The Labute approximate surface area is 139 Å². The van der Waals surface area contributed by atoms with E-state index in [9.17, 15) is 5.11 Å². The second kappa shape index (κ2) is 6.18. The Bertz CT molecular complexity index is 914. The van der Waals surface area contributed by atoms with E-state index >= 15 is 0 Å². The lowest BCUT2D eigenvalue weighted by Gasteiger charge is -2.08. The number of para-hydroxylation sites is 1. The number of aromatic nitrogens is 1. The Morgan fingerprint density at radius 1 is 1.13 bits per heavy atom. The van der Waals surface area contributed by atoms with Crippen molar-refractivity contribution in [1.82, 2.24) is 4.98 Å².